The number of hydrogen-bond acceptors (Lipinski definition) is 9. The van der Waals surface area contributed by atoms with Crippen molar-refractivity contribution in [3.63, 3.8) is 0 Å². The summed E-state index contributed by atoms with van der Waals surface area (Å²) in [5, 5.41) is 5.57. The molecular formula is C27H45LiN2O9. The van der Waals surface area contributed by atoms with E-state index in [9.17, 15) is 14.4 Å². The van der Waals surface area contributed by atoms with Crippen molar-refractivity contribution in [2.45, 2.75) is 141 Å². The van der Waals surface area contributed by atoms with Crippen molar-refractivity contribution in [1.82, 2.24) is 10.6 Å². The summed E-state index contributed by atoms with van der Waals surface area (Å²) in [6.07, 6.45) is 11.2. The van der Waals surface area contributed by atoms with Gasteiger partial charge < -0.3 is 30.3 Å². The Labute approximate surface area is 243 Å². The van der Waals surface area contributed by atoms with E-state index in [0.29, 0.717) is 11.9 Å². The number of amides is 2. The topological polar surface area (TPSA) is 167 Å². The van der Waals surface area contributed by atoms with Crippen molar-refractivity contribution in [2.24, 2.45) is 5.41 Å². The second-order valence-electron chi connectivity index (χ2n) is 12.0. The summed E-state index contributed by atoms with van der Waals surface area (Å²) >= 11 is 0. The van der Waals surface area contributed by atoms with Crippen LogP contribution in [0.2, 0.25) is 0 Å². The van der Waals surface area contributed by atoms with Gasteiger partial charge in [-0.2, -0.15) is 9.59 Å². The summed E-state index contributed by atoms with van der Waals surface area (Å²) in [5.74, 6) is 0. The Morgan fingerprint density at radius 2 is 0.974 bits per heavy atom. The summed E-state index contributed by atoms with van der Waals surface area (Å²) in [7, 11) is 0. The van der Waals surface area contributed by atoms with Gasteiger partial charge in [0.1, 0.15) is 16.8 Å². The molecule has 6 aliphatic carbocycles. The molecule has 218 valence electrons. The van der Waals surface area contributed by atoms with Crippen molar-refractivity contribution in [2.75, 3.05) is 0 Å². The Kier molecular flexibility index (Phi) is 14.8. The van der Waals surface area contributed by atoms with E-state index in [4.69, 9.17) is 23.8 Å². The molecule has 6 fully saturated rings. The molecule has 12 heteroatoms. The van der Waals surface area contributed by atoms with E-state index in [0.717, 1.165) is 57.8 Å². The van der Waals surface area contributed by atoms with Crippen molar-refractivity contribution in [3.8, 4) is 0 Å². The molecule has 0 aliphatic heterocycles. The van der Waals surface area contributed by atoms with E-state index in [1.165, 1.54) is 19.3 Å². The molecule has 0 unspecified atom stereocenters. The van der Waals surface area contributed by atoms with Gasteiger partial charge in [0, 0.05) is 12.1 Å². The van der Waals surface area contributed by atoms with Gasteiger partial charge in [0.15, 0.2) is 0 Å². The summed E-state index contributed by atoms with van der Waals surface area (Å²) in [4.78, 5) is 50.1. The van der Waals surface area contributed by atoms with Gasteiger partial charge in [-0.05, 0) is 110 Å². The minimum atomic E-state index is -0.340. The summed E-state index contributed by atoms with van der Waals surface area (Å²) in [5.41, 5.74) is -0.245. The molecule has 6 saturated carbocycles. The summed E-state index contributed by atoms with van der Waals surface area (Å²) < 4.78 is 16.5. The Morgan fingerprint density at radius 1 is 0.692 bits per heavy atom. The normalized spacial score (nSPS) is 31.4. The van der Waals surface area contributed by atoms with E-state index in [-0.39, 0.29) is 71.6 Å². The third-order valence-corrected chi connectivity index (χ3v) is 8.39. The minimum Gasteiger partial charge on any atom is -0.870 e. The van der Waals surface area contributed by atoms with E-state index < -0.39 is 0 Å². The maximum absolute atomic E-state index is 11.7. The van der Waals surface area contributed by atoms with Crippen LogP contribution in [-0.4, -0.2) is 59.2 Å². The Bertz CT molecular complexity index is 794. The van der Waals surface area contributed by atoms with Gasteiger partial charge >= 0.3 is 37.2 Å². The number of carbonyl (C=O) groups is 3. The molecule has 3 N–H and O–H groups in total. The first-order chi connectivity index (χ1) is 17.3. The van der Waals surface area contributed by atoms with E-state index in [1.807, 2.05) is 27.7 Å². The average Bonchev–Trinajstić information content (AvgIpc) is 2.81. The third-order valence-electron chi connectivity index (χ3n) is 8.39. The molecule has 6 aliphatic rings. The molecular weight excluding hydrogens is 503 g/mol. The monoisotopic (exact) mass is 548 g/mol. The molecule has 0 aromatic heterocycles. The Morgan fingerprint density at radius 3 is 1.26 bits per heavy atom. The van der Waals surface area contributed by atoms with Crippen LogP contribution in [0.15, 0.2) is 0 Å². The van der Waals surface area contributed by atoms with Crippen molar-refractivity contribution in [1.29, 1.82) is 0 Å². The van der Waals surface area contributed by atoms with Gasteiger partial charge in [-0.3, -0.25) is 4.79 Å². The van der Waals surface area contributed by atoms with E-state index >= 15 is 0 Å². The fourth-order valence-electron chi connectivity index (χ4n) is 5.96. The first-order valence-electron chi connectivity index (χ1n) is 13.4. The fraction of sp³-hybridized carbons (Fsp3) is 0.852. The maximum Gasteiger partial charge on any atom is 1.00 e. The van der Waals surface area contributed by atoms with Crippen LogP contribution in [0.25, 0.3) is 0 Å². The van der Waals surface area contributed by atoms with Gasteiger partial charge in [0.2, 0.25) is 0 Å². The largest absolute Gasteiger partial charge is 1.00 e. The minimum absolute atomic E-state index is 0. The van der Waals surface area contributed by atoms with Crippen molar-refractivity contribution >= 4 is 24.8 Å². The summed E-state index contributed by atoms with van der Waals surface area (Å²) in [6.45, 7) is 10.6. The van der Waals surface area contributed by atoms with Crippen LogP contribution < -0.4 is 29.5 Å². The Hall–Kier alpha value is -2.05. The molecule has 0 heterocycles. The standard InChI is InChI=1S/C13H21NO4.C13H23NO2.CO2.Li.H2O/c1-10(2)14-11(16)18-13-6-3-12(4-7-13,5-8-13)17-9-15;1-10(2)14-11(15)16-13-7-4-12(3,5-8-13)6-9-13;2-1-3;;/h9-10H,3-8H2,1-2H3,(H,14,16);10H,4-9H2,1-3H3,(H,14,15);;;1H2/q;;;+1;/p-1. The molecule has 0 saturated heterocycles. The number of nitrogens with one attached hydrogen (secondary N) is 2. The molecule has 0 spiro atoms. The van der Waals surface area contributed by atoms with Crippen LogP contribution in [0.1, 0.15) is 112 Å². The van der Waals surface area contributed by atoms with Gasteiger partial charge in [0.25, 0.3) is 6.47 Å². The van der Waals surface area contributed by atoms with Gasteiger partial charge in [-0.1, -0.05) is 6.92 Å². The zero-order valence-electron chi connectivity index (χ0n) is 24.4. The molecule has 2 amide bonds. The molecule has 4 bridgehead atoms. The first kappa shape index (κ1) is 36.9. The van der Waals surface area contributed by atoms with Crippen LogP contribution in [-0.2, 0) is 28.6 Å². The van der Waals surface area contributed by atoms with Crippen LogP contribution in [0.5, 0.6) is 0 Å². The van der Waals surface area contributed by atoms with Crippen molar-refractivity contribution in [3.05, 3.63) is 0 Å². The maximum atomic E-state index is 11.7. The zero-order valence-corrected chi connectivity index (χ0v) is 24.4. The smallest absolute Gasteiger partial charge is 0.870 e. The first-order valence-corrected chi connectivity index (χ1v) is 13.4. The third kappa shape index (κ3) is 10.8. The number of carbonyl (C=O) groups excluding carboxylic acids is 5. The van der Waals surface area contributed by atoms with Crippen LogP contribution in [0.4, 0.5) is 9.59 Å². The van der Waals surface area contributed by atoms with E-state index in [1.54, 1.807) is 0 Å². The van der Waals surface area contributed by atoms with Crippen LogP contribution in [0, 0.1) is 5.41 Å². The number of ether oxygens (including phenoxy) is 3. The quantitative estimate of drug-likeness (QED) is 0.285. The Balaban J connectivity index is 0.000000646. The zero-order chi connectivity index (χ0) is 27.7. The molecule has 6 rings (SSSR count). The van der Waals surface area contributed by atoms with Crippen LogP contribution in [0.3, 0.4) is 0 Å². The fourth-order valence-corrected chi connectivity index (χ4v) is 5.96. The molecule has 39 heavy (non-hydrogen) atoms. The SMILES string of the molecule is CC(C)NC(=O)OC12CCC(C)(CC1)CC2.CC(C)NC(=O)OC12CCC(OC=O)(CC1)CC2.O=C=O.[Li+].[OH-]. The van der Waals surface area contributed by atoms with Gasteiger partial charge in [-0.25, -0.2) is 9.59 Å². The van der Waals surface area contributed by atoms with Crippen LogP contribution >= 0.6 is 0 Å². The molecule has 0 radical (unpaired) electrons. The molecule has 0 aromatic carbocycles. The second-order valence-corrected chi connectivity index (χ2v) is 12.0. The molecule has 11 nitrogen and oxygen atoms in total. The molecule has 0 atom stereocenters. The van der Waals surface area contributed by atoms with E-state index in [2.05, 4.69) is 17.6 Å². The average molecular weight is 549 g/mol. The van der Waals surface area contributed by atoms with Gasteiger partial charge in [-0.15, -0.1) is 0 Å². The number of rotatable bonds is 6. The summed E-state index contributed by atoms with van der Waals surface area (Å²) in [6, 6.07) is 0.236. The number of alkyl carbamates (subject to hydrolysis) is 2. The number of fused-ring (bicyclic) bond motifs is 6. The number of hydrogen-bond donors (Lipinski definition) is 2. The predicted molar refractivity (Wildman–Crippen MR) is 135 cm³/mol. The van der Waals surface area contributed by atoms with Gasteiger partial charge in [0.05, 0.1) is 0 Å². The van der Waals surface area contributed by atoms with Crippen molar-refractivity contribution < 1.29 is 62.5 Å². The predicted octanol–water partition coefficient (Wildman–Crippen LogP) is 1.62. The molecule has 0 aromatic rings. The second kappa shape index (κ2) is 15.7.